The molecule has 1 amide bonds. The molecule has 2 N–H and O–H groups in total. The van der Waals surface area contributed by atoms with Crippen LogP contribution in [0, 0.1) is 0 Å². The molecule has 0 heterocycles. The first-order chi connectivity index (χ1) is 9.12. The predicted molar refractivity (Wildman–Crippen MR) is 80.5 cm³/mol. The van der Waals surface area contributed by atoms with Gasteiger partial charge >= 0.3 is 0 Å². The molecular weight excluding hydrogens is 332 g/mol. The molecule has 19 heavy (non-hydrogen) atoms. The minimum atomic E-state index is -0.400. The van der Waals surface area contributed by atoms with Crippen molar-refractivity contribution >= 4 is 40.2 Å². The minimum Gasteiger partial charge on any atom is -0.496 e. The van der Waals surface area contributed by atoms with Crippen molar-refractivity contribution < 1.29 is 14.7 Å². The molecule has 0 aliphatic carbocycles. The summed E-state index contributed by atoms with van der Waals surface area (Å²) in [5.41, 5.74) is 0.889. The highest BCUT2D eigenvalue weighted by Crippen LogP contribution is 2.25. The molecule has 0 spiro atoms. The molecule has 0 radical (unpaired) electrons. The summed E-state index contributed by atoms with van der Waals surface area (Å²) in [5.74, 6) is 0.827. The van der Waals surface area contributed by atoms with Gasteiger partial charge < -0.3 is 15.3 Å². The van der Waals surface area contributed by atoms with Gasteiger partial charge in [-0.25, -0.2) is 0 Å². The van der Waals surface area contributed by atoms with Gasteiger partial charge in [-0.2, -0.15) is 12.6 Å². The molecule has 5 nitrogen and oxygen atoms in total. The van der Waals surface area contributed by atoms with Gasteiger partial charge in [-0.05, 0) is 33.6 Å². The number of carbonyl (C=O) groups excluding carboxylic acids is 1. The third-order valence-corrected chi connectivity index (χ3v) is 3.21. The van der Waals surface area contributed by atoms with Gasteiger partial charge in [0, 0.05) is 18.7 Å². The van der Waals surface area contributed by atoms with Crippen LogP contribution in [0.1, 0.15) is 5.56 Å². The lowest BCUT2D eigenvalue weighted by Crippen LogP contribution is -2.33. The second-order valence-electron chi connectivity index (χ2n) is 3.67. The largest absolute Gasteiger partial charge is 0.496 e. The first-order valence-corrected chi connectivity index (χ1v) is 6.97. The Balaban J connectivity index is 2.76. The second-order valence-corrected chi connectivity index (χ2v) is 4.97. The number of hydrogen-bond acceptors (Lipinski definition) is 5. The van der Waals surface area contributed by atoms with Gasteiger partial charge in [0.05, 0.1) is 11.6 Å². The van der Waals surface area contributed by atoms with E-state index in [9.17, 15) is 4.79 Å². The van der Waals surface area contributed by atoms with Crippen molar-refractivity contribution in [1.82, 2.24) is 5.32 Å². The molecule has 0 aliphatic rings. The maximum Gasteiger partial charge on any atom is 0.269 e. The van der Waals surface area contributed by atoms with Gasteiger partial charge in [0.1, 0.15) is 11.5 Å². The third-order valence-electron chi connectivity index (χ3n) is 2.37. The Kier molecular flexibility index (Phi) is 6.72. The van der Waals surface area contributed by atoms with Gasteiger partial charge in [0.25, 0.3) is 5.91 Å². The van der Waals surface area contributed by atoms with Crippen molar-refractivity contribution in [2.24, 2.45) is 5.16 Å². The zero-order chi connectivity index (χ0) is 14.3. The van der Waals surface area contributed by atoms with Gasteiger partial charge in [-0.15, -0.1) is 0 Å². The van der Waals surface area contributed by atoms with Crippen molar-refractivity contribution in [2.75, 3.05) is 19.4 Å². The summed E-state index contributed by atoms with van der Waals surface area (Å²) in [7, 11) is 1.57. The highest BCUT2D eigenvalue weighted by atomic mass is 79.9. The molecule has 0 saturated heterocycles. The van der Waals surface area contributed by atoms with Crippen molar-refractivity contribution in [3.05, 3.63) is 28.2 Å². The maximum absolute atomic E-state index is 11.7. The molecule has 1 aromatic carbocycles. The molecule has 0 aliphatic heterocycles. The number of methoxy groups -OCH3 is 1. The normalized spacial score (nSPS) is 11.2. The maximum atomic E-state index is 11.7. The van der Waals surface area contributed by atoms with E-state index < -0.39 is 5.91 Å². The Morgan fingerprint density at radius 1 is 1.58 bits per heavy atom. The SMILES string of the molecule is COc1ccc(C/C(=N\O)C(=O)NCCS)cc1Br. The summed E-state index contributed by atoms with van der Waals surface area (Å²) in [4.78, 5) is 11.7. The van der Waals surface area contributed by atoms with Crippen LogP contribution in [0.3, 0.4) is 0 Å². The number of nitrogens with one attached hydrogen (secondary N) is 1. The summed E-state index contributed by atoms with van der Waals surface area (Å²) in [6.45, 7) is 0.424. The van der Waals surface area contributed by atoms with Gasteiger partial charge in [0.2, 0.25) is 0 Å². The van der Waals surface area contributed by atoms with Gasteiger partial charge in [-0.1, -0.05) is 11.2 Å². The molecule has 0 aromatic heterocycles. The van der Waals surface area contributed by atoms with E-state index in [-0.39, 0.29) is 12.1 Å². The first-order valence-electron chi connectivity index (χ1n) is 5.54. The van der Waals surface area contributed by atoms with Crippen LogP contribution in [0.2, 0.25) is 0 Å². The number of nitrogens with zero attached hydrogens (tertiary/aromatic N) is 1. The number of carbonyl (C=O) groups is 1. The molecule has 0 bridgehead atoms. The summed E-state index contributed by atoms with van der Waals surface area (Å²) in [5, 5.41) is 14.5. The van der Waals surface area contributed by atoms with Gasteiger partial charge in [-0.3, -0.25) is 4.79 Å². The Morgan fingerprint density at radius 2 is 2.32 bits per heavy atom. The fourth-order valence-electron chi connectivity index (χ4n) is 1.45. The number of oxime groups is 1. The van der Waals surface area contributed by atoms with E-state index in [4.69, 9.17) is 9.94 Å². The van der Waals surface area contributed by atoms with Crippen LogP contribution in [-0.4, -0.2) is 36.2 Å². The number of halogens is 1. The third kappa shape index (κ3) is 4.76. The standard InChI is InChI=1S/C12H15BrN2O3S/c1-18-11-3-2-8(6-9(11)13)7-10(15-17)12(16)14-4-5-19/h2-3,6,17,19H,4-5,7H2,1H3,(H,14,16)/b15-10+. The van der Waals surface area contributed by atoms with E-state index in [2.05, 4.69) is 39.0 Å². The lowest BCUT2D eigenvalue weighted by molar-refractivity contribution is -0.114. The summed E-state index contributed by atoms with van der Waals surface area (Å²) in [6.07, 6.45) is 0.234. The Morgan fingerprint density at radius 3 is 2.84 bits per heavy atom. The molecule has 0 saturated carbocycles. The van der Waals surface area contributed by atoms with Crippen molar-refractivity contribution in [3.8, 4) is 5.75 Å². The van der Waals surface area contributed by atoms with Crippen LogP contribution in [-0.2, 0) is 11.2 Å². The van der Waals surface area contributed by atoms with Crippen molar-refractivity contribution in [2.45, 2.75) is 6.42 Å². The molecule has 0 atom stereocenters. The van der Waals surface area contributed by atoms with E-state index in [1.54, 1.807) is 19.2 Å². The van der Waals surface area contributed by atoms with Crippen LogP contribution >= 0.6 is 28.6 Å². The number of hydrogen-bond donors (Lipinski definition) is 3. The van der Waals surface area contributed by atoms with Crippen molar-refractivity contribution in [1.29, 1.82) is 0 Å². The predicted octanol–water partition coefficient (Wildman–Crippen LogP) is 1.88. The van der Waals surface area contributed by atoms with Gasteiger partial charge in [0.15, 0.2) is 0 Å². The van der Waals surface area contributed by atoms with Crippen LogP contribution < -0.4 is 10.1 Å². The van der Waals surface area contributed by atoms with E-state index in [1.807, 2.05) is 6.07 Å². The molecular formula is C12H15BrN2O3S. The molecule has 1 aromatic rings. The van der Waals surface area contributed by atoms with Crippen LogP contribution in [0.25, 0.3) is 0 Å². The number of amides is 1. The number of ether oxygens (including phenoxy) is 1. The zero-order valence-corrected chi connectivity index (χ0v) is 12.9. The van der Waals surface area contributed by atoms with E-state index in [1.165, 1.54) is 0 Å². The lowest BCUT2D eigenvalue weighted by atomic mass is 10.1. The summed E-state index contributed by atoms with van der Waals surface area (Å²) >= 11 is 7.35. The zero-order valence-electron chi connectivity index (χ0n) is 10.4. The summed E-state index contributed by atoms with van der Waals surface area (Å²) < 4.78 is 5.90. The first kappa shape index (κ1) is 15.8. The highest BCUT2D eigenvalue weighted by Gasteiger charge is 2.13. The Labute approximate surface area is 125 Å². The molecule has 104 valence electrons. The number of rotatable bonds is 6. The van der Waals surface area contributed by atoms with Crippen LogP contribution in [0.4, 0.5) is 0 Å². The summed E-state index contributed by atoms with van der Waals surface area (Å²) in [6, 6.07) is 5.40. The molecule has 0 unspecified atom stereocenters. The fourth-order valence-corrected chi connectivity index (χ4v) is 2.15. The Hall–Kier alpha value is -1.21. The number of benzene rings is 1. The van der Waals surface area contributed by atoms with Crippen molar-refractivity contribution in [3.63, 3.8) is 0 Å². The lowest BCUT2D eigenvalue weighted by Gasteiger charge is -2.08. The highest BCUT2D eigenvalue weighted by molar-refractivity contribution is 9.10. The van der Waals surface area contributed by atoms with E-state index in [0.717, 1.165) is 10.0 Å². The smallest absolute Gasteiger partial charge is 0.269 e. The molecule has 1 rings (SSSR count). The quantitative estimate of drug-likeness (QED) is 0.318. The fraction of sp³-hybridized carbons (Fsp3) is 0.333. The van der Waals surface area contributed by atoms with Crippen LogP contribution in [0.15, 0.2) is 27.8 Å². The average molecular weight is 347 g/mol. The van der Waals surface area contributed by atoms with E-state index >= 15 is 0 Å². The molecule has 0 fully saturated rings. The minimum absolute atomic E-state index is 0.0545. The monoisotopic (exact) mass is 346 g/mol. The molecule has 7 heteroatoms. The Bertz CT molecular complexity index is 480. The second kappa shape index (κ2) is 8.06. The average Bonchev–Trinajstić information content (AvgIpc) is 2.42. The topological polar surface area (TPSA) is 70.9 Å². The van der Waals surface area contributed by atoms with Crippen LogP contribution in [0.5, 0.6) is 5.75 Å². The van der Waals surface area contributed by atoms with E-state index in [0.29, 0.717) is 18.0 Å². The number of thiol groups is 1.